The zero-order chi connectivity index (χ0) is 9.83. The van der Waals surface area contributed by atoms with E-state index in [0.29, 0.717) is 0 Å². The second kappa shape index (κ2) is 6.14. The van der Waals surface area contributed by atoms with Crippen molar-refractivity contribution in [3.63, 3.8) is 0 Å². The van der Waals surface area contributed by atoms with Crippen molar-refractivity contribution >= 4 is 0 Å². The molecular weight excluding hydrogens is 233 g/mol. The van der Waals surface area contributed by atoms with Crippen LogP contribution in [0.5, 0.6) is 0 Å². The molecule has 13 heavy (non-hydrogen) atoms. The van der Waals surface area contributed by atoms with Gasteiger partial charge in [-0.25, -0.2) is 0 Å². The van der Waals surface area contributed by atoms with Crippen molar-refractivity contribution in [2.75, 3.05) is 0 Å². The molecule has 1 radical (unpaired) electrons. The fraction of sp³-hybridized carbons (Fsp3) is 0.667. The van der Waals surface area contributed by atoms with Crippen LogP contribution in [0.3, 0.4) is 0 Å². The topological polar surface area (TPSA) is 0 Å². The minimum absolute atomic E-state index is 0. The number of hydrogen-bond donors (Lipinski definition) is 0. The second-order valence-electron chi connectivity index (χ2n) is 5.12. The summed E-state index contributed by atoms with van der Waals surface area (Å²) in [5.74, 6) is 0. The van der Waals surface area contributed by atoms with Gasteiger partial charge in [-0.1, -0.05) is 41.5 Å². The molecule has 0 aromatic rings. The minimum atomic E-state index is 0. The Bertz CT molecular complexity index is 152. The first-order chi connectivity index (χ1) is 5.21. The van der Waals surface area contributed by atoms with Crippen molar-refractivity contribution in [2.45, 2.75) is 41.5 Å². The smallest absolute Gasteiger partial charge is 0 e. The largest absolute Gasteiger partial charge is 0.390 e. The summed E-state index contributed by atoms with van der Waals surface area (Å²) in [5, 5.41) is 0. The van der Waals surface area contributed by atoms with Crippen LogP contribution >= 0.6 is 0 Å². The molecule has 0 amide bonds. The molecule has 0 aliphatic carbocycles. The van der Waals surface area contributed by atoms with E-state index in [1.54, 1.807) is 0 Å². The van der Waals surface area contributed by atoms with E-state index in [-0.39, 0.29) is 43.5 Å². The Morgan fingerprint density at radius 3 is 1.08 bits per heavy atom. The van der Waals surface area contributed by atoms with Gasteiger partial charge in [0.15, 0.2) is 0 Å². The monoisotopic (exact) mass is 253 g/mol. The van der Waals surface area contributed by atoms with Crippen LogP contribution in [0.1, 0.15) is 41.5 Å². The van der Waals surface area contributed by atoms with Gasteiger partial charge in [-0.2, -0.15) is 0 Å². The summed E-state index contributed by atoms with van der Waals surface area (Å²) in [5.41, 5.74) is 0.298. The maximum atomic E-state index is 3.25. The summed E-state index contributed by atoms with van der Waals surface area (Å²) in [6.07, 6.45) is 10.4. The van der Waals surface area contributed by atoms with Gasteiger partial charge in [-0.15, -0.1) is 10.8 Å². The summed E-state index contributed by atoms with van der Waals surface area (Å²) < 4.78 is 0. The molecule has 1 heteroatoms. The van der Waals surface area contributed by atoms with Gasteiger partial charge in [-0.3, -0.25) is 0 Å². The maximum Gasteiger partial charge on any atom is 0 e. The van der Waals surface area contributed by atoms with Crippen LogP contribution < -0.4 is 0 Å². The summed E-state index contributed by atoms with van der Waals surface area (Å²) >= 11 is 0. The normalized spacial score (nSPS) is 13.7. The number of allylic oxidation sites excluding steroid dienone is 4. The molecule has 0 fully saturated rings. The van der Waals surface area contributed by atoms with Gasteiger partial charge < -0.3 is 24.3 Å². The molecule has 0 aliphatic rings. The molecule has 0 heterocycles. The summed E-state index contributed by atoms with van der Waals surface area (Å²) in [7, 11) is 0. The van der Waals surface area contributed by atoms with Gasteiger partial charge >= 0.3 is 0 Å². The molecule has 0 unspecified atom stereocenters. The summed E-state index contributed by atoms with van der Waals surface area (Å²) in [6, 6.07) is 0. The third-order valence-electron chi connectivity index (χ3n) is 1.12. The maximum absolute atomic E-state index is 3.25. The first kappa shape index (κ1) is 16.0. The standard InChI is InChI=1S/C12H20.Y/c1-11(2,3)9-7-8-10-12(4,5)6;/h7-8H,1-6H3;/q-2;. The molecule has 0 aromatic heterocycles. The van der Waals surface area contributed by atoms with E-state index in [4.69, 9.17) is 0 Å². The Labute approximate surface area is 109 Å². The summed E-state index contributed by atoms with van der Waals surface area (Å²) in [6.45, 7) is 12.8. The predicted octanol–water partition coefficient (Wildman–Crippen LogP) is 3.79. The molecule has 0 N–H and O–H groups in total. The molecule has 0 saturated heterocycles. The van der Waals surface area contributed by atoms with Crippen LogP contribution in [0.2, 0.25) is 0 Å². The van der Waals surface area contributed by atoms with Crippen molar-refractivity contribution in [2.24, 2.45) is 10.8 Å². The van der Waals surface area contributed by atoms with Crippen molar-refractivity contribution in [1.82, 2.24) is 0 Å². The van der Waals surface area contributed by atoms with E-state index in [2.05, 4.69) is 53.7 Å². The van der Waals surface area contributed by atoms with Crippen LogP contribution in [0.4, 0.5) is 0 Å². The first-order valence-corrected chi connectivity index (χ1v) is 4.41. The van der Waals surface area contributed by atoms with Gasteiger partial charge in [-0.05, 0) is 0 Å². The van der Waals surface area contributed by atoms with Crippen LogP contribution in [-0.4, -0.2) is 0 Å². The average molecular weight is 253 g/mol. The van der Waals surface area contributed by atoms with Crippen molar-refractivity contribution in [3.05, 3.63) is 24.3 Å². The Morgan fingerprint density at radius 2 is 0.923 bits per heavy atom. The molecule has 0 bridgehead atoms. The third kappa shape index (κ3) is 15.3. The number of rotatable bonds is 1. The first-order valence-electron chi connectivity index (χ1n) is 4.41. The van der Waals surface area contributed by atoms with Crippen LogP contribution in [0, 0.1) is 23.0 Å². The summed E-state index contributed by atoms with van der Waals surface area (Å²) in [4.78, 5) is 0. The van der Waals surface area contributed by atoms with Gasteiger partial charge in [0.1, 0.15) is 0 Å². The molecule has 0 spiro atoms. The van der Waals surface area contributed by atoms with Gasteiger partial charge in [0.2, 0.25) is 0 Å². The van der Waals surface area contributed by atoms with Crippen molar-refractivity contribution in [3.8, 4) is 0 Å². The predicted molar refractivity (Wildman–Crippen MR) is 54.5 cm³/mol. The van der Waals surface area contributed by atoms with Gasteiger partial charge in [0.25, 0.3) is 0 Å². The molecule has 0 rings (SSSR count). The fourth-order valence-corrected chi connectivity index (χ4v) is 0.583. The van der Waals surface area contributed by atoms with Crippen molar-refractivity contribution in [1.29, 1.82) is 0 Å². The molecular formula is C12H20Y-2. The molecule has 0 saturated carbocycles. The fourth-order valence-electron chi connectivity index (χ4n) is 0.583. The van der Waals surface area contributed by atoms with E-state index >= 15 is 0 Å². The zero-order valence-electron chi connectivity index (χ0n) is 9.73. The van der Waals surface area contributed by atoms with Crippen LogP contribution in [-0.2, 0) is 32.7 Å². The van der Waals surface area contributed by atoms with Crippen LogP contribution in [0.15, 0.2) is 12.2 Å². The van der Waals surface area contributed by atoms with Crippen LogP contribution in [0.25, 0.3) is 0 Å². The second-order valence-corrected chi connectivity index (χ2v) is 5.12. The Kier molecular flexibility index (Phi) is 7.57. The Morgan fingerprint density at radius 1 is 0.692 bits per heavy atom. The van der Waals surface area contributed by atoms with E-state index < -0.39 is 0 Å². The SMILES string of the molecule is CC(C)(C)[C-]=CC=[C-]C(C)(C)C.[Y]. The Balaban J connectivity index is 0. The quantitative estimate of drug-likeness (QED) is 0.492. The minimum Gasteiger partial charge on any atom is -0.390 e. The van der Waals surface area contributed by atoms with E-state index in [1.807, 2.05) is 12.2 Å². The van der Waals surface area contributed by atoms with E-state index in [9.17, 15) is 0 Å². The molecule has 0 atom stereocenters. The Hall–Kier alpha value is 0.584. The van der Waals surface area contributed by atoms with Crippen molar-refractivity contribution < 1.29 is 32.7 Å². The molecule has 73 valence electrons. The average Bonchev–Trinajstić information content (AvgIpc) is 1.76. The van der Waals surface area contributed by atoms with Gasteiger partial charge in [0, 0.05) is 32.7 Å². The van der Waals surface area contributed by atoms with E-state index in [0.717, 1.165) is 0 Å². The number of hydrogen-bond acceptors (Lipinski definition) is 0. The zero-order valence-corrected chi connectivity index (χ0v) is 12.6. The van der Waals surface area contributed by atoms with Gasteiger partial charge in [0.05, 0.1) is 0 Å². The molecule has 0 aromatic carbocycles. The molecule has 0 nitrogen and oxygen atoms in total. The van der Waals surface area contributed by atoms with E-state index in [1.165, 1.54) is 0 Å². The third-order valence-corrected chi connectivity index (χ3v) is 1.12. The molecule has 0 aliphatic heterocycles.